The van der Waals surface area contributed by atoms with Crippen LogP contribution in [0.25, 0.3) is 10.9 Å². The van der Waals surface area contributed by atoms with Crippen LogP contribution in [0.5, 0.6) is 0 Å². The van der Waals surface area contributed by atoms with Crippen LogP contribution in [-0.4, -0.2) is 34.7 Å². The predicted octanol–water partition coefficient (Wildman–Crippen LogP) is 4.26. The molecule has 1 aromatic heterocycles. The van der Waals surface area contributed by atoms with Gasteiger partial charge in [0, 0.05) is 46.3 Å². The van der Waals surface area contributed by atoms with Gasteiger partial charge < -0.3 is 15.6 Å². The molecule has 7 rings (SSSR count). The average molecular weight is 568 g/mol. The monoisotopic (exact) mass is 567 g/mol. The Morgan fingerprint density at radius 3 is 2.54 bits per heavy atom. The Balaban J connectivity index is 1.35. The van der Waals surface area contributed by atoms with Crippen molar-refractivity contribution < 1.29 is 19.2 Å². The Labute approximate surface area is 240 Å². The Morgan fingerprint density at radius 1 is 1.02 bits per heavy atom. The summed E-state index contributed by atoms with van der Waals surface area (Å²) in [5.74, 6) is -3.18. The topological polar surface area (TPSA) is 123 Å². The van der Waals surface area contributed by atoms with Crippen molar-refractivity contribution >= 4 is 63.2 Å². The van der Waals surface area contributed by atoms with Gasteiger partial charge in [-0.15, -0.1) is 0 Å². The maximum atomic E-state index is 14.3. The first-order valence-corrected chi connectivity index (χ1v) is 13.8. The van der Waals surface area contributed by atoms with Crippen LogP contribution in [0.1, 0.15) is 23.6 Å². The summed E-state index contributed by atoms with van der Waals surface area (Å²) >= 11 is 6.39. The number of carbonyl (C=O) groups is 4. The van der Waals surface area contributed by atoms with Gasteiger partial charge in [-0.05, 0) is 60.9 Å². The van der Waals surface area contributed by atoms with Gasteiger partial charge in [-0.1, -0.05) is 35.9 Å². The van der Waals surface area contributed by atoms with E-state index in [1.54, 1.807) is 36.4 Å². The van der Waals surface area contributed by atoms with E-state index in [2.05, 4.69) is 20.9 Å². The van der Waals surface area contributed by atoms with E-state index in [1.807, 2.05) is 37.4 Å². The third-order valence-corrected chi connectivity index (χ3v) is 9.05. The summed E-state index contributed by atoms with van der Waals surface area (Å²) in [7, 11) is 0. The molecular formula is C31H26ClN5O4. The van der Waals surface area contributed by atoms with E-state index >= 15 is 0 Å². The Bertz CT molecular complexity index is 1800. The molecule has 9 nitrogen and oxygen atoms in total. The second kappa shape index (κ2) is 9.02. The van der Waals surface area contributed by atoms with E-state index in [0.717, 1.165) is 16.5 Å². The first-order valence-electron chi connectivity index (χ1n) is 13.4. The van der Waals surface area contributed by atoms with E-state index in [1.165, 1.54) is 11.8 Å². The molecule has 3 aromatic carbocycles. The van der Waals surface area contributed by atoms with Crippen LogP contribution in [0.2, 0.25) is 5.02 Å². The number of para-hydroxylation sites is 1. The zero-order valence-corrected chi connectivity index (χ0v) is 23.0. The molecule has 0 radical (unpaired) electrons. The van der Waals surface area contributed by atoms with Gasteiger partial charge in [0.05, 0.1) is 23.2 Å². The van der Waals surface area contributed by atoms with Crippen LogP contribution in [0.15, 0.2) is 66.9 Å². The summed E-state index contributed by atoms with van der Waals surface area (Å²) in [6.45, 7) is 3.23. The minimum Gasteiger partial charge on any atom is -0.361 e. The summed E-state index contributed by atoms with van der Waals surface area (Å²) in [4.78, 5) is 58.3. The minimum absolute atomic E-state index is 0.227. The summed E-state index contributed by atoms with van der Waals surface area (Å²) < 4.78 is 0. The Kier molecular flexibility index (Phi) is 5.61. The number of anilines is 3. The lowest BCUT2D eigenvalue weighted by atomic mass is 9.76. The molecule has 4 amide bonds. The zero-order chi connectivity index (χ0) is 28.6. The zero-order valence-electron chi connectivity index (χ0n) is 22.2. The molecule has 2 saturated heterocycles. The third-order valence-electron chi connectivity index (χ3n) is 8.65. The van der Waals surface area contributed by atoms with Crippen LogP contribution in [-0.2, 0) is 31.1 Å². The van der Waals surface area contributed by atoms with Gasteiger partial charge in [0.15, 0.2) is 0 Å². The Morgan fingerprint density at radius 2 is 1.78 bits per heavy atom. The van der Waals surface area contributed by atoms with Crippen LogP contribution in [0.3, 0.4) is 0 Å². The lowest BCUT2D eigenvalue weighted by molar-refractivity contribution is -0.130. The molecule has 0 saturated carbocycles. The smallest absolute Gasteiger partial charge is 0.250 e. The summed E-state index contributed by atoms with van der Waals surface area (Å²) in [5.41, 5.74) is 3.33. The summed E-state index contributed by atoms with van der Waals surface area (Å²) in [6.07, 6.45) is 2.34. The van der Waals surface area contributed by atoms with Gasteiger partial charge in [-0.25, -0.2) is 4.90 Å². The number of benzene rings is 3. The fourth-order valence-electron chi connectivity index (χ4n) is 6.85. The maximum Gasteiger partial charge on any atom is 0.250 e. The molecule has 3 aliphatic heterocycles. The van der Waals surface area contributed by atoms with Gasteiger partial charge in [-0.3, -0.25) is 24.5 Å². The van der Waals surface area contributed by atoms with Crippen molar-refractivity contribution in [2.75, 3.05) is 15.5 Å². The van der Waals surface area contributed by atoms with Crippen LogP contribution >= 0.6 is 11.6 Å². The molecule has 3 aliphatic rings. The molecule has 4 atom stereocenters. The van der Waals surface area contributed by atoms with E-state index in [0.29, 0.717) is 39.6 Å². The lowest BCUT2D eigenvalue weighted by Gasteiger charge is -2.29. The third kappa shape index (κ3) is 3.59. The average Bonchev–Trinajstić information content (AvgIpc) is 3.66. The Hall–Kier alpha value is -4.47. The number of hydrogen-bond donors (Lipinski definition) is 4. The number of fused-ring (bicyclic) bond motifs is 5. The highest BCUT2D eigenvalue weighted by molar-refractivity contribution is 6.32. The van der Waals surface area contributed by atoms with Crippen molar-refractivity contribution in [3.05, 3.63) is 88.6 Å². The SMILES string of the molecule is CC(=O)Nc1ccc(N2C(=O)[C@@H]3[C@H](Cc4c[nH]c5ccccc45)N[C@@]4(C(=O)Nc5c4ccc(Cl)c5C)[C@@H]3C2=O)cc1. The number of hydrogen-bond acceptors (Lipinski definition) is 5. The quantitative estimate of drug-likeness (QED) is 0.274. The van der Waals surface area contributed by atoms with E-state index in [9.17, 15) is 19.2 Å². The van der Waals surface area contributed by atoms with Crippen molar-refractivity contribution in [2.45, 2.75) is 31.8 Å². The first-order chi connectivity index (χ1) is 19.7. The highest BCUT2D eigenvalue weighted by Gasteiger charge is 2.70. The molecule has 206 valence electrons. The highest BCUT2D eigenvalue weighted by atomic mass is 35.5. The van der Waals surface area contributed by atoms with Crippen molar-refractivity contribution in [1.82, 2.24) is 10.3 Å². The van der Waals surface area contributed by atoms with Crippen LogP contribution in [0, 0.1) is 18.8 Å². The fourth-order valence-corrected chi connectivity index (χ4v) is 7.01. The largest absolute Gasteiger partial charge is 0.361 e. The van der Waals surface area contributed by atoms with Gasteiger partial charge in [-0.2, -0.15) is 0 Å². The molecule has 0 aliphatic carbocycles. The number of nitrogens with zero attached hydrogens (tertiary/aromatic N) is 1. The van der Waals surface area contributed by atoms with Crippen molar-refractivity contribution in [3.63, 3.8) is 0 Å². The van der Waals surface area contributed by atoms with Crippen LogP contribution < -0.4 is 20.9 Å². The second-order valence-electron chi connectivity index (χ2n) is 10.9. The summed E-state index contributed by atoms with van der Waals surface area (Å²) in [5, 5.41) is 10.7. The number of nitrogens with one attached hydrogen (secondary N) is 4. The lowest BCUT2D eigenvalue weighted by Crippen LogP contribution is -2.53. The molecule has 41 heavy (non-hydrogen) atoms. The van der Waals surface area contributed by atoms with Crippen molar-refractivity contribution in [3.8, 4) is 0 Å². The van der Waals surface area contributed by atoms with E-state index in [-0.39, 0.29) is 17.7 Å². The number of amides is 4. The fraction of sp³-hybridized carbons (Fsp3) is 0.226. The number of rotatable bonds is 4. The first kappa shape index (κ1) is 25.5. The molecule has 4 heterocycles. The molecular weight excluding hydrogens is 542 g/mol. The molecule has 10 heteroatoms. The molecule has 1 spiro atoms. The normalized spacial score (nSPS) is 24.7. The number of H-pyrrole nitrogens is 1. The molecule has 0 unspecified atom stereocenters. The number of aromatic nitrogens is 1. The van der Waals surface area contributed by atoms with Gasteiger partial charge in [0.25, 0.3) is 0 Å². The van der Waals surface area contributed by atoms with E-state index < -0.39 is 29.3 Å². The molecule has 4 aromatic rings. The minimum atomic E-state index is -1.44. The second-order valence-corrected chi connectivity index (χ2v) is 11.3. The van der Waals surface area contributed by atoms with Gasteiger partial charge in [0.2, 0.25) is 23.6 Å². The standard InChI is InChI=1S/C31H26ClN5O4/c1-15-22(32)12-11-21-27(15)35-30(41)31(21)26-25(24(36-31)13-17-14-33-23-6-4-3-5-20(17)23)28(39)37(29(26)40)19-9-7-18(8-10-19)34-16(2)38/h3-12,14,24-26,33,36H,13H2,1-2H3,(H,34,38)(H,35,41)/t24-,25+,26-,31+/m0/s1. The molecule has 4 N–H and O–H groups in total. The van der Waals surface area contributed by atoms with Crippen molar-refractivity contribution in [1.29, 1.82) is 0 Å². The number of imide groups is 1. The van der Waals surface area contributed by atoms with Gasteiger partial charge in [0.1, 0.15) is 5.54 Å². The van der Waals surface area contributed by atoms with Crippen molar-refractivity contribution in [2.24, 2.45) is 11.8 Å². The molecule has 2 fully saturated rings. The van der Waals surface area contributed by atoms with Crippen LogP contribution in [0.4, 0.5) is 17.1 Å². The predicted molar refractivity (Wildman–Crippen MR) is 156 cm³/mol. The highest BCUT2D eigenvalue weighted by Crippen LogP contribution is 2.55. The maximum absolute atomic E-state index is 14.3. The summed E-state index contributed by atoms with van der Waals surface area (Å²) in [6, 6.07) is 17.4. The number of carbonyl (C=O) groups excluding carboxylic acids is 4. The number of halogens is 1. The number of aromatic amines is 1. The molecule has 0 bridgehead atoms. The van der Waals surface area contributed by atoms with Gasteiger partial charge >= 0.3 is 0 Å². The van der Waals surface area contributed by atoms with E-state index in [4.69, 9.17) is 11.6 Å².